The monoisotopic (exact) mass is 222 g/mol. The SMILES string of the molecule is CC(C)CC1(O)NC(=O)c2cccn2C1=O. The highest BCUT2D eigenvalue weighted by Crippen LogP contribution is 2.22. The molecule has 1 unspecified atom stereocenters. The lowest BCUT2D eigenvalue weighted by Gasteiger charge is -2.33. The molecule has 86 valence electrons. The Morgan fingerprint density at radius 1 is 1.50 bits per heavy atom. The van der Waals surface area contributed by atoms with E-state index >= 15 is 0 Å². The molecular weight excluding hydrogens is 208 g/mol. The van der Waals surface area contributed by atoms with Crippen molar-refractivity contribution >= 4 is 11.8 Å². The van der Waals surface area contributed by atoms with E-state index < -0.39 is 17.5 Å². The molecule has 0 saturated carbocycles. The van der Waals surface area contributed by atoms with Gasteiger partial charge in [-0.25, -0.2) is 0 Å². The van der Waals surface area contributed by atoms with Crippen molar-refractivity contribution in [3.05, 3.63) is 24.0 Å². The molecular formula is C11H14N2O3. The quantitative estimate of drug-likeness (QED) is 0.770. The van der Waals surface area contributed by atoms with Crippen LogP contribution in [0.4, 0.5) is 0 Å². The van der Waals surface area contributed by atoms with E-state index in [1.54, 1.807) is 12.1 Å². The highest BCUT2D eigenvalue weighted by molar-refractivity contribution is 6.05. The van der Waals surface area contributed by atoms with E-state index in [0.29, 0.717) is 0 Å². The van der Waals surface area contributed by atoms with Crippen molar-refractivity contribution in [3.63, 3.8) is 0 Å². The van der Waals surface area contributed by atoms with E-state index in [1.807, 2.05) is 13.8 Å². The van der Waals surface area contributed by atoms with Crippen LogP contribution in [0.5, 0.6) is 0 Å². The van der Waals surface area contributed by atoms with Crippen LogP contribution in [-0.2, 0) is 0 Å². The van der Waals surface area contributed by atoms with Crippen molar-refractivity contribution in [1.29, 1.82) is 0 Å². The summed E-state index contributed by atoms with van der Waals surface area (Å²) in [6.07, 6.45) is 1.69. The van der Waals surface area contributed by atoms with E-state index in [-0.39, 0.29) is 18.0 Å². The smallest absolute Gasteiger partial charge is 0.284 e. The van der Waals surface area contributed by atoms with Gasteiger partial charge in [-0.3, -0.25) is 14.2 Å². The largest absolute Gasteiger partial charge is 0.363 e. The summed E-state index contributed by atoms with van der Waals surface area (Å²) < 4.78 is 1.20. The minimum absolute atomic E-state index is 0.103. The van der Waals surface area contributed by atoms with E-state index in [4.69, 9.17) is 0 Å². The zero-order chi connectivity index (χ0) is 11.9. The standard InChI is InChI=1S/C11H14N2O3/c1-7(2)6-11(16)10(15)13-5-3-4-8(13)9(14)12-11/h3-5,7,16H,6H2,1-2H3,(H,12,14). The predicted molar refractivity (Wildman–Crippen MR) is 56.9 cm³/mol. The Morgan fingerprint density at radius 2 is 2.19 bits per heavy atom. The zero-order valence-electron chi connectivity index (χ0n) is 9.23. The maximum atomic E-state index is 12.0. The Kier molecular flexibility index (Phi) is 2.35. The fourth-order valence-corrected chi connectivity index (χ4v) is 1.98. The number of nitrogens with one attached hydrogen (secondary N) is 1. The van der Waals surface area contributed by atoms with Crippen LogP contribution < -0.4 is 5.32 Å². The molecule has 0 bridgehead atoms. The molecule has 2 rings (SSSR count). The molecule has 16 heavy (non-hydrogen) atoms. The lowest BCUT2D eigenvalue weighted by molar-refractivity contribution is -0.0104. The number of rotatable bonds is 2. The van der Waals surface area contributed by atoms with Crippen molar-refractivity contribution < 1.29 is 14.7 Å². The number of amides is 1. The van der Waals surface area contributed by atoms with Crippen LogP contribution in [-0.4, -0.2) is 27.2 Å². The first-order valence-electron chi connectivity index (χ1n) is 5.21. The second-order valence-electron chi connectivity index (χ2n) is 4.48. The molecule has 0 saturated heterocycles. The van der Waals surface area contributed by atoms with Gasteiger partial charge in [0.25, 0.3) is 11.8 Å². The minimum Gasteiger partial charge on any atom is -0.363 e. The maximum absolute atomic E-state index is 12.0. The maximum Gasteiger partial charge on any atom is 0.284 e. The van der Waals surface area contributed by atoms with Gasteiger partial charge in [-0.2, -0.15) is 0 Å². The molecule has 1 aromatic heterocycles. The van der Waals surface area contributed by atoms with Crippen molar-refractivity contribution in [1.82, 2.24) is 9.88 Å². The van der Waals surface area contributed by atoms with Gasteiger partial charge < -0.3 is 10.4 Å². The molecule has 0 radical (unpaired) electrons. The fraction of sp³-hybridized carbons (Fsp3) is 0.455. The van der Waals surface area contributed by atoms with Crippen LogP contribution in [0.15, 0.2) is 18.3 Å². The summed E-state index contributed by atoms with van der Waals surface area (Å²) in [4.78, 5) is 23.6. The molecule has 0 aromatic carbocycles. The molecule has 0 spiro atoms. The normalized spacial score (nSPS) is 24.5. The number of aromatic nitrogens is 1. The molecule has 5 heteroatoms. The van der Waals surface area contributed by atoms with Crippen molar-refractivity contribution in [2.75, 3.05) is 0 Å². The summed E-state index contributed by atoms with van der Waals surface area (Å²) in [5.74, 6) is -0.820. The first kappa shape index (κ1) is 10.9. The zero-order valence-corrected chi connectivity index (χ0v) is 9.23. The molecule has 1 aromatic rings. The third-order valence-electron chi connectivity index (χ3n) is 2.58. The van der Waals surface area contributed by atoms with Crippen LogP contribution in [0, 0.1) is 5.92 Å². The lowest BCUT2D eigenvalue weighted by atomic mass is 9.97. The fourth-order valence-electron chi connectivity index (χ4n) is 1.98. The number of fused-ring (bicyclic) bond motifs is 1. The second kappa shape index (κ2) is 3.45. The van der Waals surface area contributed by atoms with Crippen LogP contribution in [0.1, 0.15) is 35.6 Å². The number of hydrogen-bond acceptors (Lipinski definition) is 3. The number of carbonyl (C=O) groups is 2. The van der Waals surface area contributed by atoms with Crippen LogP contribution in [0.3, 0.4) is 0 Å². The van der Waals surface area contributed by atoms with Gasteiger partial charge in [0.1, 0.15) is 5.69 Å². The van der Waals surface area contributed by atoms with Gasteiger partial charge in [0.2, 0.25) is 5.72 Å². The van der Waals surface area contributed by atoms with Gasteiger partial charge in [-0.05, 0) is 18.1 Å². The summed E-state index contributed by atoms with van der Waals surface area (Å²) in [6, 6.07) is 3.15. The molecule has 2 heterocycles. The number of aliphatic hydroxyl groups is 1. The molecule has 1 amide bonds. The van der Waals surface area contributed by atoms with Gasteiger partial charge in [-0.15, -0.1) is 0 Å². The number of nitrogens with zero attached hydrogens (tertiary/aromatic N) is 1. The molecule has 1 aliphatic rings. The van der Waals surface area contributed by atoms with Crippen molar-refractivity contribution in [2.45, 2.75) is 26.0 Å². The first-order chi connectivity index (χ1) is 7.44. The average molecular weight is 222 g/mol. The third kappa shape index (κ3) is 1.53. The van der Waals surface area contributed by atoms with E-state index in [0.717, 1.165) is 0 Å². The minimum atomic E-state index is -1.78. The highest BCUT2D eigenvalue weighted by Gasteiger charge is 2.44. The Balaban J connectivity index is 2.41. The average Bonchev–Trinajstić information content (AvgIpc) is 2.61. The Labute approximate surface area is 93.1 Å². The predicted octanol–water partition coefficient (Wildman–Crippen LogP) is 0.606. The van der Waals surface area contributed by atoms with E-state index in [9.17, 15) is 14.7 Å². The summed E-state index contributed by atoms with van der Waals surface area (Å²) >= 11 is 0. The molecule has 5 nitrogen and oxygen atoms in total. The van der Waals surface area contributed by atoms with E-state index in [2.05, 4.69) is 5.32 Å². The van der Waals surface area contributed by atoms with Gasteiger partial charge in [-0.1, -0.05) is 13.8 Å². The van der Waals surface area contributed by atoms with Gasteiger partial charge >= 0.3 is 0 Å². The third-order valence-corrected chi connectivity index (χ3v) is 2.58. The van der Waals surface area contributed by atoms with Crippen molar-refractivity contribution in [3.8, 4) is 0 Å². The van der Waals surface area contributed by atoms with Crippen LogP contribution in [0.2, 0.25) is 0 Å². The number of hydrogen-bond donors (Lipinski definition) is 2. The first-order valence-corrected chi connectivity index (χ1v) is 5.21. The van der Waals surface area contributed by atoms with Gasteiger partial charge in [0, 0.05) is 12.6 Å². The molecule has 0 fully saturated rings. The van der Waals surface area contributed by atoms with Crippen LogP contribution in [0.25, 0.3) is 0 Å². The van der Waals surface area contributed by atoms with Crippen LogP contribution >= 0.6 is 0 Å². The number of carbonyl (C=O) groups excluding carboxylic acids is 2. The summed E-state index contributed by atoms with van der Waals surface area (Å²) in [5, 5.41) is 12.5. The molecule has 1 aliphatic heterocycles. The van der Waals surface area contributed by atoms with Gasteiger partial charge in [0.15, 0.2) is 0 Å². The topological polar surface area (TPSA) is 71.3 Å². The van der Waals surface area contributed by atoms with E-state index in [1.165, 1.54) is 10.8 Å². The second-order valence-corrected chi connectivity index (χ2v) is 4.48. The molecule has 1 atom stereocenters. The Morgan fingerprint density at radius 3 is 2.81 bits per heavy atom. The van der Waals surface area contributed by atoms with Gasteiger partial charge in [0.05, 0.1) is 0 Å². The lowest BCUT2D eigenvalue weighted by Crippen LogP contribution is -2.61. The summed E-state index contributed by atoms with van der Waals surface area (Å²) in [7, 11) is 0. The Bertz CT molecular complexity index is 450. The molecule has 2 N–H and O–H groups in total. The highest BCUT2D eigenvalue weighted by atomic mass is 16.3. The Hall–Kier alpha value is -1.62. The summed E-state index contributed by atoms with van der Waals surface area (Å²) in [5.41, 5.74) is -1.52. The molecule has 0 aliphatic carbocycles. The summed E-state index contributed by atoms with van der Waals surface area (Å²) in [6.45, 7) is 3.76. The van der Waals surface area contributed by atoms with Crippen molar-refractivity contribution in [2.24, 2.45) is 5.92 Å².